The van der Waals surface area contributed by atoms with Crippen LogP contribution >= 0.6 is 0 Å². The first-order chi connectivity index (χ1) is 9.96. The number of carboxylic acids is 1. The van der Waals surface area contributed by atoms with Crippen LogP contribution < -0.4 is 10.6 Å². The van der Waals surface area contributed by atoms with Crippen molar-refractivity contribution in [3.8, 4) is 0 Å². The molecule has 0 aliphatic heterocycles. The van der Waals surface area contributed by atoms with Gasteiger partial charge in [-0.2, -0.15) is 0 Å². The minimum atomic E-state index is -1.30. The summed E-state index contributed by atoms with van der Waals surface area (Å²) in [4.78, 5) is 27.3. The zero-order valence-corrected chi connectivity index (χ0v) is 11.9. The fraction of sp³-hybridized carbons (Fsp3) is 0.267. The lowest BCUT2D eigenvalue weighted by Crippen LogP contribution is -2.53. The molecule has 110 valence electrons. The molecule has 2 rings (SSSR count). The maximum absolute atomic E-state index is 12.0. The van der Waals surface area contributed by atoms with Crippen molar-refractivity contribution in [1.82, 2.24) is 10.3 Å². The highest BCUT2D eigenvalue weighted by atomic mass is 16.4. The third kappa shape index (κ3) is 3.10. The second-order valence-corrected chi connectivity index (χ2v) is 4.97. The molecule has 1 heterocycles. The Balaban J connectivity index is 2.21. The number of hydrogen-bond acceptors (Lipinski definition) is 3. The van der Waals surface area contributed by atoms with E-state index in [1.165, 1.54) is 6.92 Å². The minimum absolute atomic E-state index is 0.285. The van der Waals surface area contributed by atoms with Gasteiger partial charge in [0, 0.05) is 17.8 Å². The van der Waals surface area contributed by atoms with E-state index in [0.29, 0.717) is 5.69 Å². The van der Waals surface area contributed by atoms with Gasteiger partial charge in [0.2, 0.25) is 0 Å². The van der Waals surface area contributed by atoms with Gasteiger partial charge in [0.1, 0.15) is 5.54 Å². The lowest BCUT2D eigenvalue weighted by molar-refractivity contribution is -0.143. The molecule has 0 radical (unpaired) electrons. The number of carboxylic acid groups (broad SMARTS) is 1. The summed E-state index contributed by atoms with van der Waals surface area (Å²) in [5.74, 6) is -1.07. The largest absolute Gasteiger partial charge is 0.480 e. The predicted molar refractivity (Wildman–Crippen MR) is 80.2 cm³/mol. The fourth-order valence-electron chi connectivity index (χ4n) is 1.92. The number of benzene rings is 1. The van der Waals surface area contributed by atoms with Crippen LogP contribution in [0.5, 0.6) is 0 Å². The van der Waals surface area contributed by atoms with Crippen molar-refractivity contribution < 1.29 is 14.7 Å². The summed E-state index contributed by atoms with van der Waals surface area (Å²) in [6.45, 7) is 3.18. The molecule has 1 atom stereocenters. The highest BCUT2D eigenvalue weighted by Gasteiger charge is 2.32. The van der Waals surface area contributed by atoms with Gasteiger partial charge in [0.05, 0.1) is 5.69 Å². The highest BCUT2D eigenvalue weighted by molar-refractivity contribution is 6.02. The molecule has 2 aromatic rings. The van der Waals surface area contributed by atoms with E-state index < -0.39 is 17.5 Å². The van der Waals surface area contributed by atoms with Gasteiger partial charge in [-0.05, 0) is 30.9 Å². The van der Waals surface area contributed by atoms with Crippen LogP contribution in [0.4, 0.5) is 10.5 Å². The summed E-state index contributed by atoms with van der Waals surface area (Å²) in [7, 11) is 0. The molecule has 0 fully saturated rings. The molecule has 6 nitrogen and oxygen atoms in total. The number of amides is 2. The maximum atomic E-state index is 12.0. The molecule has 0 aliphatic rings. The Morgan fingerprint density at radius 1 is 1.33 bits per heavy atom. The van der Waals surface area contributed by atoms with E-state index in [4.69, 9.17) is 5.11 Å². The second kappa shape index (κ2) is 5.78. The van der Waals surface area contributed by atoms with Crippen LogP contribution in [0.2, 0.25) is 0 Å². The summed E-state index contributed by atoms with van der Waals surface area (Å²) in [5.41, 5.74) is -0.714. The smallest absolute Gasteiger partial charge is 0.329 e. The summed E-state index contributed by atoms with van der Waals surface area (Å²) in [5, 5.41) is 16.1. The molecule has 0 saturated heterocycles. The lowest BCUT2D eigenvalue weighted by Gasteiger charge is -2.24. The van der Waals surface area contributed by atoms with Crippen molar-refractivity contribution in [1.29, 1.82) is 0 Å². The number of rotatable bonds is 4. The standard InChI is InChI=1S/C15H17N3O3/c1-3-15(2,13(19)20)18-14(21)17-12-6-4-5-10-7-8-16-9-11(10)12/h4-9H,3H2,1-2H3,(H,19,20)(H2,17,18,21). The average Bonchev–Trinajstić information content (AvgIpc) is 2.47. The Hall–Kier alpha value is -2.63. The van der Waals surface area contributed by atoms with E-state index in [0.717, 1.165) is 10.8 Å². The quantitative estimate of drug-likeness (QED) is 0.806. The molecule has 0 aliphatic carbocycles. The number of urea groups is 1. The monoisotopic (exact) mass is 287 g/mol. The fourth-order valence-corrected chi connectivity index (χ4v) is 1.92. The van der Waals surface area contributed by atoms with Crippen molar-refractivity contribution in [3.05, 3.63) is 36.7 Å². The van der Waals surface area contributed by atoms with Gasteiger partial charge in [-0.1, -0.05) is 19.1 Å². The molecule has 1 aromatic carbocycles. The highest BCUT2D eigenvalue weighted by Crippen LogP contribution is 2.22. The van der Waals surface area contributed by atoms with E-state index >= 15 is 0 Å². The van der Waals surface area contributed by atoms with Crippen LogP contribution in [0.15, 0.2) is 36.7 Å². The molecule has 1 unspecified atom stereocenters. The topological polar surface area (TPSA) is 91.3 Å². The van der Waals surface area contributed by atoms with Crippen LogP contribution in [-0.2, 0) is 4.79 Å². The Kier molecular flexibility index (Phi) is 4.07. The van der Waals surface area contributed by atoms with Gasteiger partial charge in [-0.25, -0.2) is 9.59 Å². The van der Waals surface area contributed by atoms with E-state index in [2.05, 4.69) is 15.6 Å². The maximum Gasteiger partial charge on any atom is 0.329 e. The number of carbonyl (C=O) groups excluding carboxylic acids is 1. The molecule has 21 heavy (non-hydrogen) atoms. The van der Waals surface area contributed by atoms with E-state index in [1.807, 2.05) is 18.2 Å². The lowest BCUT2D eigenvalue weighted by atomic mass is 10.00. The molecular weight excluding hydrogens is 270 g/mol. The Bertz CT molecular complexity index is 681. The molecule has 2 amide bonds. The normalized spacial score (nSPS) is 13.4. The first kappa shape index (κ1) is 14.8. The zero-order valence-electron chi connectivity index (χ0n) is 11.9. The summed E-state index contributed by atoms with van der Waals surface area (Å²) < 4.78 is 0. The van der Waals surface area contributed by atoms with Crippen LogP contribution in [-0.4, -0.2) is 27.6 Å². The SMILES string of the molecule is CCC(C)(NC(=O)Nc1cccc2ccncc12)C(=O)O. The third-order valence-electron chi connectivity index (χ3n) is 3.50. The average molecular weight is 287 g/mol. The zero-order chi connectivity index (χ0) is 15.5. The Labute approximate surface area is 122 Å². The van der Waals surface area contributed by atoms with Crippen molar-refractivity contribution in [2.24, 2.45) is 0 Å². The van der Waals surface area contributed by atoms with Crippen molar-refractivity contribution in [3.63, 3.8) is 0 Å². The number of nitrogens with one attached hydrogen (secondary N) is 2. The minimum Gasteiger partial charge on any atom is -0.480 e. The molecule has 1 aromatic heterocycles. The molecular formula is C15H17N3O3. The molecule has 0 spiro atoms. The van der Waals surface area contributed by atoms with Gasteiger partial charge < -0.3 is 15.7 Å². The van der Waals surface area contributed by atoms with Gasteiger partial charge in [0.15, 0.2) is 0 Å². The van der Waals surface area contributed by atoms with Crippen molar-refractivity contribution in [2.75, 3.05) is 5.32 Å². The summed E-state index contributed by atoms with van der Waals surface area (Å²) in [6.07, 6.45) is 3.61. The first-order valence-electron chi connectivity index (χ1n) is 6.61. The number of nitrogens with zero attached hydrogens (tertiary/aromatic N) is 1. The molecule has 3 N–H and O–H groups in total. The number of anilines is 1. The van der Waals surface area contributed by atoms with Crippen LogP contribution in [0, 0.1) is 0 Å². The number of aromatic nitrogens is 1. The van der Waals surface area contributed by atoms with Crippen molar-refractivity contribution in [2.45, 2.75) is 25.8 Å². The molecule has 0 bridgehead atoms. The number of hydrogen-bond donors (Lipinski definition) is 3. The summed E-state index contributed by atoms with van der Waals surface area (Å²) >= 11 is 0. The third-order valence-corrected chi connectivity index (χ3v) is 3.50. The van der Waals surface area contributed by atoms with Crippen LogP contribution in [0.3, 0.4) is 0 Å². The molecule has 0 saturated carbocycles. The number of fused-ring (bicyclic) bond motifs is 1. The van der Waals surface area contributed by atoms with E-state index in [-0.39, 0.29) is 6.42 Å². The van der Waals surface area contributed by atoms with Gasteiger partial charge in [-0.15, -0.1) is 0 Å². The number of pyridine rings is 1. The van der Waals surface area contributed by atoms with Gasteiger partial charge in [-0.3, -0.25) is 4.98 Å². The van der Waals surface area contributed by atoms with Crippen LogP contribution in [0.1, 0.15) is 20.3 Å². The van der Waals surface area contributed by atoms with Gasteiger partial charge in [0.25, 0.3) is 0 Å². The number of aliphatic carboxylic acids is 1. The Morgan fingerprint density at radius 3 is 2.76 bits per heavy atom. The Morgan fingerprint density at radius 2 is 2.10 bits per heavy atom. The molecule has 6 heteroatoms. The van der Waals surface area contributed by atoms with E-state index in [9.17, 15) is 9.59 Å². The first-order valence-corrected chi connectivity index (χ1v) is 6.61. The number of carbonyl (C=O) groups is 2. The predicted octanol–water partition coefficient (Wildman–Crippen LogP) is 2.61. The second-order valence-electron chi connectivity index (χ2n) is 4.97. The van der Waals surface area contributed by atoms with Crippen LogP contribution in [0.25, 0.3) is 10.8 Å². The van der Waals surface area contributed by atoms with Crippen molar-refractivity contribution >= 4 is 28.5 Å². The summed E-state index contributed by atoms with van der Waals surface area (Å²) in [6, 6.07) is 6.75. The van der Waals surface area contributed by atoms with Gasteiger partial charge >= 0.3 is 12.0 Å². The van der Waals surface area contributed by atoms with E-state index in [1.54, 1.807) is 25.4 Å².